The number of ether oxygens (including phenoxy) is 4. The molecule has 3 rings (SSSR count). The highest BCUT2D eigenvalue weighted by molar-refractivity contribution is 6.07. The molecule has 0 saturated carbocycles. The Kier molecular flexibility index (Phi) is 4.99. The number of benzene rings is 2. The molecule has 0 unspecified atom stereocenters. The average molecular weight is 339 g/mol. The van der Waals surface area contributed by atoms with Crippen LogP contribution in [-0.4, -0.2) is 32.7 Å². The molecule has 0 saturated heterocycles. The Bertz CT molecular complexity index is 827. The zero-order valence-corrected chi connectivity index (χ0v) is 13.9. The number of carbonyl (C=O) groups is 1. The Hall–Kier alpha value is -3.28. The maximum atomic E-state index is 12.0. The molecule has 1 aliphatic heterocycles. The number of rotatable bonds is 6. The van der Waals surface area contributed by atoms with Crippen molar-refractivity contribution in [3.8, 4) is 17.2 Å². The molecule has 0 radical (unpaired) electrons. The second kappa shape index (κ2) is 7.53. The molecule has 25 heavy (non-hydrogen) atoms. The molecule has 0 aliphatic carbocycles. The minimum Gasteiger partial charge on any atom is -0.497 e. The summed E-state index contributed by atoms with van der Waals surface area (Å²) in [5.74, 6) is 1.60. The third kappa shape index (κ3) is 3.98. The summed E-state index contributed by atoms with van der Waals surface area (Å²) in [6.07, 6.45) is 1.61. The molecule has 0 bridgehead atoms. The molecule has 6 nitrogen and oxygen atoms in total. The van der Waals surface area contributed by atoms with Crippen LogP contribution in [0.15, 0.2) is 59.2 Å². The van der Waals surface area contributed by atoms with Gasteiger partial charge in [0.2, 0.25) is 5.90 Å². The fourth-order valence-corrected chi connectivity index (χ4v) is 2.26. The van der Waals surface area contributed by atoms with Crippen molar-refractivity contribution in [2.45, 2.75) is 0 Å². The van der Waals surface area contributed by atoms with Gasteiger partial charge in [-0.1, -0.05) is 18.2 Å². The first-order valence-electron chi connectivity index (χ1n) is 7.61. The van der Waals surface area contributed by atoms with E-state index in [2.05, 4.69) is 4.99 Å². The Morgan fingerprint density at radius 3 is 2.56 bits per heavy atom. The van der Waals surface area contributed by atoms with E-state index in [0.717, 1.165) is 0 Å². The van der Waals surface area contributed by atoms with E-state index in [1.807, 2.05) is 30.3 Å². The van der Waals surface area contributed by atoms with Gasteiger partial charge in [-0.25, -0.2) is 9.79 Å². The van der Waals surface area contributed by atoms with E-state index in [-0.39, 0.29) is 18.2 Å². The van der Waals surface area contributed by atoms with E-state index >= 15 is 0 Å². The van der Waals surface area contributed by atoms with Gasteiger partial charge in [0.1, 0.15) is 17.2 Å². The van der Waals surface area contributed by atoms with E-state index in [1.165, 1.54) is 0 Å². The summed E-state index contributed by atoms with van der Waals surface area (Å²) < 4.78 is 21.1. The van der Waals surface area contributed by atoms with Gasteiger partial charge in [-0.3, -0.25) is 0 Å². The van der Waals surface area contributed by atoms with Crippen LogP contribution in [0.25, 0.3) is 6.08 Å². The van der Waals surface area contributed by atoms with Crippen LogP contribution in [0.4, 0.5) is 0 Å². The van der Waals surface area contributed by atoms with Crippen LogP contribution in [0.3, 0.4) is 0 Å². The molecule has 1 heterocycles. The average Bonchev–Trinajstić information content (AvgIpc) is 3.00. The molecule has 2 aromatic carbocycles. The molecule has 128 valence electrons. The van der Waals surface area contributed by atoms with Gasteiger partial charge in [0.25, 0.3) is 0 Å². The lowest BCUT2D eigenvalue weighted by molar-refractivity contribution is -0.130. The SMILES string of the molecule is COc1ccc(/C=C2/N=C(COc3ccccc3)OC2=O)c(OC)c1. The maximum absolute atomic E-state index is 12.0. The second-order valence-electron chi connectivity index (χ2n) is 5.13. The summed E-state index contributed by atoms with van der Waals surface area (Å²) in [6, 6.07) is 14.5. The first-order chi connectivity index (χ1) is 12.2. The Balaban J connectivity index is 1.76. The zero-order valence-electron chi connectivity index (χ0n) is 13.9. The smallest absolute Gasteiger partial charge is 0.363 e. The van der Waals surface area contributed by atoms with E-state index in [4.69, 9.17) is 18.9 Å². The van der Waals surface area contributed by atoms with E-state index < -0.39 is 5.97 Å². The van der Waals surface area contributed by atoms with Crippen molar-refractivity contribution in [2.24, 2.45) is 4.99 Å². The van der Waals surface area contributed by atoms with E-state index in [9.17, 15) is 4.79 Å². The van der Waals surface area contributed by atoms with E-state index in [1.54, 1.807) is 38.5 Å². The van der Waals surface area contributed by atoms with Crippen molar-refractivity contribution in [3.63, 3.8) is 0 Å². The molecular weight excluding hydrogens is 322 g/mol. The van der Waals surface area contributed by atoms with Crippen molar-refractivity contribution < 1.29 is 23.7 Å². The predicted molar refractivity (Wildman–Crippen MR) is 93.0 cm³/mol. The number of esters is 1. The second-order valence-corrected chi connectivity index (χ2v) is 5.13. The van der Waals surface area contributed by atoms with Crippen molar-refractivity contribution in [3.05, 3.63) is 59.8 Å². The number of hydrogen-bond donors (Lipinski definition) is 0. The Morgan fingerprint density at radius 1 is 1.04 bits per heavy atom. The molecule has 0 atom stereocenters. The normalized spacial score (nSPS) is 14.9. The number of nitrogens with zero attached hydrogens (tertiary/aromatic N) is 1. The third-order valence-corrected chi connectivity index (χ3v) is 3.50. The number of para-hydroxylation sites is 1. The predicted octanol–water partition coefficient (Wildman–Crippen LogP) is 3.08. The van der Waals surface area contributed by atoms with Crippen LogP contribution in [0.1, 0.15) is 5.56 Å². The fraction of sp³-hybridized carbons (Fsp3) is 0.158. The summed E-state index contributed by atoms with van der Waals surface area (Å²) in [6.45, 7) is 0.0762. The van der Waals surface area contributed by atoms with Crippen LogP contribution < -0.4 is 14.2 Å². The molecule has 1 aliphatic rings. The highest BCUT2D eigenvalue weighted by atomic mass is 16.6. The van der Waals surface area contributed by atoms with Gasteiger partial charge in [-0.15, -0.1) is 0 Å². The minimum absolute atomic E-state index is 0.0762. The third-order valence-electron chi connectivity index (χ3n) is 3.50. The number of carbonyl (C=O) groups excluding carboxylic acids is 1. The zero-order chi connectivity index (χ0) is 17.6. The molecule has 6 heteroatoms. The van der Waals surface area contributed by atoms with Crippen molar-refractivity contribution >= 4 is 17.9 Å². The lowest BCUT2D eigenvalue weighted by Gasteiger charge is -2.07. The number of methoxy groups -OCH3 is 2. The molecule has 0 N–H and O–H groups in total. The minimum atomic E-state index is -0.524. The summed E-state index contributed by atoms with van der Waals surface area (Å²) in [7, 11) is 3.12. The van der Waals surface area contributed by atoms with Gasteiger partial charge in [0.05, 0.1) is 14.2 Å². The monoisotopic (exact) mass is 339 g/mol. The van der Waals surface area contributed by atoms with Gasteiger partial charge >= 0.3 is 5.97 Å². The topological polar surface area (TPSA) is 66.3 Å². The number of aliphatic imine (C=N–C) groups is 1. The van der Waals surface area contributed by atoms with Crippen LogP contribution in [0.5, 0.6) is 17.2 Å². The molecule has 0 aromatic heterocycles. The standard InChI is InChI=1S/C19H17NO5/c1-22-15-9-8-13(17(11-15)23-2)10-16-19(21)25-18(20-16)12-24-14-6-4-3-5-7-14/h3-11H,12H2,1-2H3/b16-10+. The summed E-state index contributed by atoms with van der Waals surface area (Å²) in [5, 5.41) is 0. The largest absolute Gasteiger partial charge is 0.497 e. The summed E-state index contributed by atoms with van der Waals surface area (Å²) in [4.78, 5) is 16.2. The summed E-state index contributed by atoms with van der Waals surface area (Å²) in [5.41, 5.74) is 0.888. The van der Waals surface area contributed by atoms with Crippen LogP contribution in [-0.2, 0) is 9.53 Å². The van der Waals surface area contributed by atoms with Crippen LogP contribution in [0, 0.1) is 0 Å². The number of cyclic esters (lactones) is 1. The first kappa shape index (κ1) is 16.6. The van der Waals surface area contributed by atoms with Crippen molar-refractivity contribution in [1.29, 1.82) is 0 Å². The van der Waals surface area contributed by atoms with Crippen LogP contribution >= 0.6 is 0 Å². The van der Waals surface area contributed by atoms with Gasteiger partial charge in [-0.2, -0.15) is 0 Å². The molecule has 0 fully saturated rings. The highest BCUT2D eigenvalue weighted by Gasteiger charge is 2.23. The highest BCUT2D eigenvalue weighted by Crippen LogP contribution is 2.27. The first-order valence-corrected chi connectivity index (χ1v) is 7.61. The van der Waals surface area contributed by atoms with Gasteiger partial charge in [-0.05, 0) is 30.3 Å². The van der Waals surface area contributed by atoms with E-state index in [0.29, 0.717) is 22.8 Å². The summed E-state index contributed by atoms with van der Waals surface area (Å²) >= 11 is 0. The van der Waals surface area contributed by atoms with Gasteiger partial charge < -0.3 is 18.9 Å². The Morgan fingerprint density at radius 2 is 1.84 bits per heavy atom. The molecule has 0 spiro atoms. The van der Waals surface area contributed by atoms with Crippen molar-refractivity contribution in [2.75, 3.05) is 20.8 Å². The van der Waals surface area contributed by atoms with Gasteiger partial charge in [0, 0.05) is 11.6 Å². The molecule has 2 aromatic rings. The lowest BCUT2D eigenvalue weighted by Crippen LogP contribution is -2.13. The molecular formula is C19H17NO5. The van der Waals surface area contributed by atoms with Gasteiger partial charge in [0.15, 0.2) is 12.3 Å². The molecule has 0 amide bonds. The quantitative estimate of drug-likeness (QED) is 0.598. The Labute approximate surface area is 145 Å². The maximum Gasteiger partial charge on any atom is 0.363 e. The fourth-order valence-electron chi connectivity index (χ4n) is 2.26. The number of hydrogen-bond acceptors (Lipinski definition) is 6. The van der Waals surface area contributed by atoms with Crippen molar-refractivity contribution in [1.82, 2.24) is 0 Å². The van der Waals surface area contributed by atoms with Crippen LogP contribution in [0.2, 0.25) is 0 Å². The lowest BCUT2D eigenvalue weighted by atomic mass is 10.1.